The second-order valence-electron chi connectivity index (χ2n) is 5.19. The Morgan fingerprint density at radius 2 is 2.10 bits per heavy atom. The average molecular weight is 289 g/mol. The van der Waals surface area contributed by atoms with E-state index in [1.165, 1.54) is 12.1 Å². The maximum Gasteiger partial charge on any atom is 0.153 e. The van der Waals surface area contributed by atoms with Crippen molar-refractivity contribution < 1.29 is 4.39 Å². The van der Waals surface area contributed by atoms with Gasteiger partial charge in [-0.25, -0.2) is 9.37 Å². The maximum atomic E-state index is 13.4. The van der Waals surface area contributed by atoms with Crippen LogP contribution < -0.4 is 5.73 Å². The largest absolute Gasteiger partial charge is 0.397 e. The van der Waals surface area contributed by atoms with Gasteiger partial charge >= 0.3 is 0 Å². The van der Waals surface area contributed by atoms with E-state index >= 15 is 0 Å². The Labute approximate surface area is 120 Å². The number of thiophene rings is 1. The molecule has 0 aliphatic rings. The molecule has 0 saturated heterocycles. The summed E-state index contributed by atoms with van der Waals surface area (Å²) in [5.41, 5.74) is 9.55. The van der Waals surface area contributed by atoms with Crippen molar-refractivity contribution in [2.45, 2.75) is 26.8 Å². The van der Waals surface area contributed by atoms with E-state index < -0.39 is 0 Å². The Morgan fingerprint density at radius 1 is 1.35 bits per heavy atom. The van der Waals surface area contributed by atoms with Crippen LogP contribution >= 0.6 is 11.3 Å². The Morgan fingerprint density at radius 3 is 2.70 bits per heavy atom. The SMILES string of the molecule is Cc1csc(-c2nc3cc(F)ccc3n2C(C)C)c1N. The Bertz CT molecular complexity index is 786. The maximum absolute atomic E-state index is 13.4. The van der Waals surface area contributed by atoms with Crippen LogP contribution in [-0.4, -0.2) is 9.55 Å². The third kappa shape index (κ3) is 1.89. The van der Waals surface area contributed by atoms with Crippen molar-refractivity contribution in [1.29, 1.82) is 0 Å². The predicted octanol–water partition coefficient (Wildman–Crippen LogP) is 4.38. The van der Waals surface area contributed by atoms with Crippen LogP contribution in [0.5, 0.6) is 0 Å². The van der Waals surface area contributed by atoms with Gasteiger partial charge in [0, 0.05) is 12.1 Å². The number of anilines is 1. The van der Waals surface area contributed by atoms with Gasteiger partial charge in [0.15, 0.2) is 5.82 Å². The topological polar surface area (TPSA) is 43.8 Å². The summed E-state index contributed by atoms with van der Waals surface area (Å²) in [5, 5.41) is 2.02. The number of imidazole rings is 1. The number of fused-ring (bicyclic) bond motifs is 1. The lowest BCUT2D eigenvalue weighted by atomic mass is 10.2. The second kappa shape index (κ2) is 4.59. The molecule has 0 unspecified atom stereocenters. The highest BCUT2D eigenvalue weighted by molar-refractivity contribution is 7.14. The van der Waals surface area contributed by atoms with Crippen molar-refractivity contribution in [3.8, 4) is 10.7 Å². The molecule has 0 atom stereocenters. The molecule has 0 radical (unpaired) electrons. The summed E-state index contributed by atoms with van der Waals surface area (Å²) in [6, 6.07) is 4.93. The summed E-state index contributed by atoms with van der Waals surface area (Å²) in [6.45, 7) is 6.16. The van der Waals surface area contributed by atoms with Crippen LogP contribution in [-0.2, 0) is 0 Å². The minimum atomic E-state index is -0.271. The lowest BCUT2D eigenvalue weighted by Gasteiger charge is -2.12. The molecule has 1 aromatic carbocycles. The molecule has 3 nitrogen and oxygen atoms in total. The fourth-order valence-electron chi connectivity index (χ4n) is 2.38. The van der Waals surface area contributed by atoms with Crippen LogP contribution in [0.25, 0.3) is 21.7 Å². The summed E-state index contributed by atoms with van der Waals surface area (Å²) in [6.07, 6.45) is 0. The van der Waals surface area contributed by atoms with Crippen molar-refractivity contribution >= 4 is 28.1 Å². The van der Waals surface area contributed by atoms with Crippen molar-refractivity contribution in [2.75, 3.05) is 5.73 Å². The number of hydrogen-bond donors (Lipinski definition) is 1. The first-order valence-corrected chi connectivity index (χ1v) is 7.38. The highest BCUT2D eigenvalue weighted by atomic mass is 32.1. The van der Waals surface area contributed by atoms with Gasteiger partial charge in [0.1, 0.15) is 5.82 Å². The number of nitrogens with two attached hydrogens (primary N) is 1. The van der Waals surface area contributed by atoms with E-state index in [1.54, 1.807) is 17.4 Å². The predicted molar refractivity (Wildman–Crippen MR) is 82.5 cm³/mol. The number of rotatable bonds is 2. The summed E-state index contributed by atoms with van der Waals surface area (Å²) in [4.78, 5) is 5.54. The monoisotopic (exact) mass is 289 g/mol. The van der Waals surface area contributed by atoms with Crippen LogP contribution in [0, 0.1) is 12.7 Å². The van der Waals surface area contributed by atoms with Crippen molar-refractivity contribution in [3.05, 3.63) is 35.0 Å². The first-order valence-electron chi connectivity index (χ1n) is 6.50. The molecule has 0 amide bonds. The molecule has 0 spiro atoms. The third-order valence-corrected chi connectivity index (χ3v) is 4.50. The molecule has 5 heteroatoms. The lowest BCUT2D eigenvalue weighted by Crippen LogP contribution is -2.03. The van der Waals surface area contributed by atoms with Crippen molar-refractivity contribution in [2.24, 2.45) is 0 Å². The third-order valence-electron chi connectivity index (χ3n) is 3.39. The van der Waals surface area contributed by atoms with Crippen LogP contribution in [0.3, 0.4) is 0 Å². The normalized spacial score (nSPS) is 11.7. The van der Waals surface area contributed by atoms with E-state index in [2.05, 4.69) is 23.4 Å². The van der Waals surface area contributed by atoms with E-state index in [-0.39, 0.29) is 11.9 Å². The molecular weight excluding hydrogens is 273 g/mol. The fraction of sp³-hybridized carbons (Fsp3) is 0.267. The van der Waals surface area contributed by atoms with Gasteiger partial charge in [-0.3, -0.25) is 0 Å². The average Bonchev–Trinajstić information content (AvgIpc) is 2.90. The number of nitrogen functional groups attached to an aromatic ring is 1. The Kier molecular flexibility index (Phi) is 3.01. The zero-order valence-corrected chi connectivity index (χ0v) is 12.5. The zero-order valence-electron chi connectivity index (χ0n) is 11.6. The van der Waals surface area contributed by atoms with Gasteiger partial charge in [0.2, 0.25) is 0 Å². The van der Waals surface area contributed by atoms with Gasteiger partial charge in [0.25, 0.3) is 0 Å². The minimum absolute atomic E-state index is 0.224. The molecule has 20 heavy (non-hydrogen) atoms. The van der Waals surface area contributed by atoms with E-state index in [0.29, 0.717) is 5.52 Å². The standard InChI is InChI=1S/C15H16FN3S/c1-8(2)19-12-5-4-10(16)6-11(12)18-15(19)14-13(17)9(3)7-20-14/h4-8H,17H2,1-3H3. The highest BCUT2D eigenvalue weighted by Gasteiger charge is 2.19. The Hall–Kier alpha value is -1.88. The van der Waals surface area contributed by atoms with Gasteiger partial charge < -0.3 is 10.3 Å². The number of aromatic nitrogens is 2. The number of hydrogen-bond acceptors (Lipinski definition) is 3. The lowest BCUT2D eigenvalue weighted by molar-refractivity contribution is 0.621. The van der Waals surface area contributed by atoms with Crippen LogP contribution in [0.15, 0.2) is 23.6 Å². The van der Waals surface area contributed by atoms with E-state index in [9.17, 15) is 4.39 Å². The van der Waals surface area contributed by atoms with Crippen LogP contribution in [0.1, 0.15) is 25.5 Å². The molecule has 0 aliphatic heterocycles. The molecule has 2 heterocycles. The molecule has 3 rings (SSSR count). The molecule has 0 bridgehead atoms. The minimum Gasteiger partial charge on any atom is -0.397 e. The summed E-state index contributed by atoms with van der Waals surface area (Å²) in [5.74, 6) is 0.545. The number of halogens is 1. The van der Waals surface area contributed by atoms with E-state index in [4.69, 9.17) is 5.73 Å². The Balaban J connectivity index is 2.35. The molecule has 2 N–H and O–H groups in total. The molecule has 0 saturated carbocycles. The van der Waals surface area contributed by atoms with Gasteiger partial charge in [-0.1, -0.05) is 0 Å². The van der Waals surface area contributed by atoms with Gasteiger partial charge in [-0.2, -0.15) is 0 Å². The molecule has 0 fully saturated rings. The number of aryl methyl sites for hydroxylation is 1. The molecule has 3 aromatic rings. The number of benzene rings is 1. The van der Waals surface area contributed by atoms with Crippen LogP contribution in [0.2, 0.25) is 0 Å². The molecule has 0 aliphatic carbocycles. The van der Waals surface area contributed by atoms with Gasteiger partial charge in [-0.15, -0.1) is 11.3 Å². The second-order valence-corrected chi connectivity index (χ2v) is 6.07. The summed E-state index contributed by atoms with van der Waals surface area (Å²) >= 11 is 1.58. The first-order chi connectivity index (χ1) is 9.49. The van der Waals surface area contributed by atoms with Crippen molar-refractivity contribution in [1.82, 2.24) is 9.55 Å². The quantitative estimate of drug-likeness (QED) is 0.761. The molecule has 104 valence electrons. The first kappa shape index (κ1) is 13.1. The van der Waals surface area contributed by atoms with Crippen LogP contribution in [0.4, 0.5) is 10.1 Å². The highest BCUT2D eigenvalue weighted by Crippen LogP contribution is 2.37. The summed E-state index contributed by atoms with van der Waals surface area (Å²) in [7, 11) is 0. The van der Waals surface area contributed by atoms with Gasteiger partial charge in [-0.05, 0) is 43.8 Å². The van der Waals surface area contributed by atoms with E-state index in [0.717, 1.165) is 27.5 Å². The molecule has 2 aromatic heterocycles. The smallest absolute Gasteiger partial charge is 0.153 e. The van der Waals surface area contributed by atoms with Gasteiger partial charge in [0.05, 0.1) is 21.6 Å². The molecular formula is C15H16FN3S. The number of nitrogens with zero attached hydrogens (tertiary/aromatic N) is 2. The zero-order chi connectivity index (χ0) is 14.4. The van der Waals surface area contributed by atoms with E-state index in [1.807, 2.05) is 12.3 Å². The summed E-state index contributed by atoms with van der Waals surface area (Å²) < 4.78 is 15.5. The fourth-order valence-corrected chi connectivity index (χ4v) is 3.34. The van der Waals surface area contributed by atoms with Crippen molar-refractivity contribution in [3.63, 3.8) is 0 Å².